The van der Waals surface area contributed by atoms with Crippen LogP contribution >= 0.6 is 11.5 Å². The van der Waals surface area contributed by atoms with E-state index in [9.17, 15) is 4.79 Å². The maximum absolute atomic E-state index is 11.9. The minimum Gasteiger partial charge on any atom is -0.497 e. The van der Waals surface area contributed by atoms with Crippen molar-refractivity contribution in [2.75, 3.05) is 19.5 Å². The van der Waals surface area contributed by atoms with Gasteiger partial charge in [0.2, 0.25) is 5.91 Å². The molecule has 3 rings (SSSR count). The van der Waals surface area contributed by atoms with Crippen molar-refractivity contribution in [2.45, 2.75) is 19.3 Å². The minimum absolute atomic E-state index is 0.00835. The molecule has 1 aromatic heterocycles. The van der Waals surface area contributed by atoms with E-state index < -0.39 is 0 Å². The lowest BCUT2D eigenvalue weighted by Crippen LogP contribution is -2.23. The monoisotopic (exact) mass is 304 g/mol. The van der Waals surface area contributed by atoms with Crippen LogP contribution in [0.3, 0.4) is 0 Å². The van der Waals surface area contributed by atoms with E-state index in [1.807, 2.05) is 25.1 Å². The highest BCUT2D eigenvalue weighted by atomic mass is 32.1. The van der Waals surface area contributed by atoms with E-state index in [1.165, 1.54) is 11.5 Å². The zero-order valence-electron chi connectivity index (χ0n) is 12.1. The first-order chi connectivity index (χ1) is 10.1. The number of anilines is 1. The van der Waals surface area contributed by atoms with E-state index in [2.05, 4.69) is 9.69 Å². The lowest BCUT2D eigenvalue weighted by Gasteiger charge is -2.25. The van der Waals surface area contributed by atoms with Gasteiger partial charge in [0.15, 0.2) is 0 Å². The van der Waals surface area contributed by atoms with E-state index >= 15 is 0 Å². The number of hydrogen-bond acceptors (Lipinski definition) is 5. The van der Waals surface area contributed by atoms with Crippen molar-refractivity contribution in [3.05, 3.63) is 35.0 Å². The van der Waals surface area contributed by atoms with Crippen molar-refractivity contribution < 1.29 is 14.3 Å². The molecule has 2 aromatic rings. The van der Waals surface area contributed by atoms with E-state index in [0.717, 1.165) is 33.3 Å². The molecule has 0 saturated heterocycles. The van der Waals surface area contributed by atoms with Crippen LogP contribution in [0.15, 0.2) is 18.2 Å². The average Bonchev–Trinajstić information content (AvgIpc) is 2.87. The Kier molecular flexibility index (Phi) is 3.55. The van der Waals surface area contributed by atoms with E-state index in [1.54, 1.807) is 14.2 Å². The summed E-state index contributed by atoms with van der Waals surface area (Å²) in [6.07, 6.45) is 0.398. The van der Waals surface area contributed by atoms with Crippen LogP contribution in [0.4, 0.5) is 5.00 Å². The highest BCUT2D eigenvalue weighted by molar-refractivity contribution is 7.10. The van der Waals surface area contributed by atoms with Crippen molar-refractivity contribution in [3.63, 3.8) is 0 Å². The summed E-state index contributed by atoms with van der Waals surface area (Å²) in [5.41, 5.74) is 3.03. The smallest absolute Gasteiger partial charge is 0.225 e. The average molecular weight is 304 g/mol. The van der Waals surface area contributed by atoms with E-state index in [4.69, 9.17) is 9.47 Å². The summed E-state index contributed by atoms with van der Waals surface area (Å²) in [7, 11) is 3.24. The van der Waals surface area contributed by atoms with Gasteiger partial charge in [0, 0.05) is 29.5 Å². The number of benzene rings is 1. The van der Waals surface area contributed by atoms with Gasteiger partial charge < -0.3 is 14.8 Å². The van der Waals surface area contributed by atoms with Crippen LogP contribution in [-0.2, 0) is 4.79 Å². The minimum atomic E-state index is -0.0339. The number of rotatable bonds is 3. The second-order valence-corrected chi connectivity index (χ2v) is 5.70. The van der Waals surface area contributed by atoms with Gasteiger partial charge >= 0.3 is 0 Å². The Morgan fingerprint density at radius 1 is 1.33 bits per heavy atom. The summed E-state index contributed by atoms with van der Waals surface area (Å²) >= 11 is 1.33. The normalized spacial score (nSPS) is 17.1. The topological polar surface area (TPSA) is 60.5 Å². The van der Waals surface area contributed by atoms with Crippen LogP contribution in [0.25, 0.3) is 0 Å². The van der Waals surface area contributed by atoms with Crippen LogP contribution < -0.4 is 14.8 Å². The van der Waals surface area contributed by atoms with Gasteiger partial charge in [-0.05, 0) is 24.5 Å². The lowest BCUT2D eigenvalue weighted by molar-refractivity contribution is -0.116. The Labute approximate surface area is 127 Å². The summed E-state index contributed by atoms with van der Waals surface area (Å²) in [6.45, 7) is 1.97. The van der Waals surface area contributed by atoms with Crippen molar-refractivity contribution in [3.8, 4) is 11.5 Å². The van der Waals surface area contributed by atoms with Gasteiger partial charge in [0.1, 0.15) is 16.5 Å². The maximum atomic E-state index is 11.9. The fourth-order valence-corrected chi connectivity index (χ4v) is 3.59. The Hall–Kier alpha value is -2.08. The van der Waals surface area contributed by atoms with Crippen LogP contribution in [0, 0.1) is 6.92 Å². The summed E-state index contributed by atoms with van der Waals surface area (Å²) in [5.74, 6) is 1.43. The number of amides is 1. The van der Waals surface area contributed by atoms with Crippen molar-refractivity contribution >= 4 is 22.4 Å². The van der Waals surface area contributed by atoms with Crippen molar-refractivity contribution in [1.82, 2.24) is 4.37 Å². The van der Waals surface area contributed by atoms with Crippen LogP contribution in [-0.4, -0.2) is 24.5 Å². The van der Waals surface area contributed by atoms with Crippen LogP contribution in [0.2, 0.25) is 0 Å². The number of fused-ring (bicyclic) bond motifs is 1. The molecule has 110 valence electrons. The SMILES string of the molecule is COc1ccc(C2CC(=O)Nc3snc(C)c32)c(OC)c1. The molecule has 1 unspecified atom stereocenters. The molecule has 1 atom stereocenters. The third-order valence-corrected chi connectivity index (χ3v) is 4.58. The number of carbonyl (C=O) groups excluding carboxylic acids is 1. The molecule has 21 heavy (non-hydrogen) atoms. The molecule has 5 nitrogen and oxygen atoms in total. The zero-order valence-corrected chi connectivity index (χ0v) is 12.9. The number of carbonyl (C=O) groups is 1. The van der Waals surface area contributed by atoms with Gasteiger partial charge in [0.05, 0.1) is 19.9 Å². The molecule has 6 heteroatoms. The molecule has 0 saturated carbocycles. The molecule has 0 fully saturated rings. The molecule has 1 aromatic carbocycles. The predicted molar refractivity (Wildman–Crippen MR) is 81.5 cm³/mol. The number of nitrogens with zero attached hydrogens (tertiary/aromatic N) is 1. The second-order valence-electron chi connectivity index (χ2n) is 4.92. The Balaban J connectivity index is 2.12. The molecule has 1 aliphatic rings. The Morgan fingerprint density at radius 2 is 2.14 bits per heavy atom. The number of nitrogens with one attached hydrogen (secondary N) is 1. The summed E-state index contributed by atoms with van der Waals surface area (Å²) in [4.78, 5) is 11.9. The highest BCUT2D eigenvalue weighted by Crippen LogP contribution is 2.44. The number of ether oxygens (including phenoxy) is 2. The first kappa shape index (κ1) is 13.9. The fraction of sp³-hybridized carbons (Fsp3) is 0.333. The molecule has 1 N–H and O–H groups in total. The fourth-order valence-electron chi connectivity index (χ4n) is 2.71. The van der Waals surface area contributed by atoms with Crippen molar-refractivity contribution in [1.29, 1.82) is 0 Å². The molecular weight excluding hydrogens is 288 g/mol. The number of methoxy groups -OCH3 is 2. The van der Waals surface area contributed by atoms with Crippen LogP contribution in [0.5, 0.6) is 11.5 Å². The van der Waals surface area contributed by atoms with Gasteiger partial charge in [-0.3, -0.25) is 4.79 Å². The van der Waals surface area contributed by atoms with Gasteiger partial charge in [-0.15, -0.1) is 0 Å². The van der Waals surface area contributed by atoms with E-state index in [0.29, 0.717) is 6.42 Å². The molecule has 1 aliphatic heterocycles. The Morgan fingerprint density at radius 3 is 2.86 bits per heavy atom. The van der Waals surface area contributed by atoms with Gasteiger partial charge in [-0.25, -0.2) is 0 Å². The van der Waals surface area contributed by atoms with Crippen molar-refractivity contribution in [2.24, 2.45) is 0 Å². The predicted octanol–water partition coefficient (Wildman–Crippen LogP) is 2.94. The van der Waals surface area contributed by atoms with Gasteiger partial charge in [-0.2, -0.15) is 4.37 Å². The highest BCUT2D eigenvalue weighted by Gasteiger charge is 2.32. The van der Waals surface area contributed by atoms with E-state index in [-0.39, 0.29) is 11.8 Å². The summed E-state index contributed by atoms with van der Waals surface area (Å²) in [5, 5.41) is 3.73. The van der Waals surface area contributed by atoms with Gasteiger partial charge in [0.25, 0.3) is 0 Å². The first-order valence-corrected chi connectivity index (χ1v) is 7.39. The number of aromatic nitrogens is 1. The molecular formula is C15H16N2O3S. The maximum Gasteiger partial charge on any atom is 0.225 e. The van der Waals surface area contributed by atoms with Crippen LogP contribution in [0.1, 0.15) is 29.2 Å². The molecule has 1 amide bonds. The lowest BCUT2D eigenvalue weighted by atomic mass is 9.85. The standard InChI is InChI=1S/C15H16N2O3S/c1-8-14-11(7-13(18)16-15(14)21-17-8)10-5-4-9(19-2)6-12(10)20-3/h4-6,11H,7H2,1-3H3,(H,16,18). The molecule has 2 heterocycles. The second kappa shape index (κ2) is 5.37. The zero-order chi connectivity index (χ0) is 15.0. The first-order valence-electron chi connectivity index (χ1n) is 6.62. The third-order valence-electron chi connectivity index (χ3n) is 3.72. The molecule has 0 bridgehead atoms. The third kappa shape index (κ3) is 2.35. The van der Waals surface area contributed by atoms with Gasteiger partial charge in [-0.1, -0.05) is 6.07 Å². The Bertz CT molecular complexity index is 696. The molecule has 0 radical (unpaired) electrons. The quantitative estimate of drug-likeness (QED) is 0.947. The molecule has 0 aliphatic carbocycles. The summed E-state index contributed by atoms with van der Waals surface area (Å²) < 4.78 is 15.1. The molecule has 0 spiro atoms. The number of aryl methyl sites for hydroxylation is 1. The largest absolute Gasteiger partial charge is 0.497 e. The summed E-state index contributed by atoms with van der Waals surface area (Å²) in [6, 6.07) is 5.69. The number of hydrogen-bond donors (Lipinski definition) is 1.